The van der Waals surface area contributed by atoms with Crippen LogP contribution in [0.15, 0.2) is 48.5 Å². The minimum Gasteiger partial charge on any atom is -0.478 e. The van der Waals surface area contributed by atoms with Crippen LogP contribution in [0.1, 0.15) is 26.3 Å². The zero-order valence-corrected chi connectivity index (χ0v) is 14.3. The van der Waals surface area contributed by atoms with Crippen molar-refractivity contribution in [2.75, 3.05) is 25.0 Å². The molecule has 26 heavy (non-hydrogen) atoms. The molecule has 0 saturated carbocycles. The van der Waals surface area contributed by atoms with Crippen molar-refractivity contribution < 1.29 is 19.5 Å². The van der Waals surface area contributed by atoms with Crippen molar-refractivity contribution in [3.63, 3.8) is 0 Å². The summed E-state index contributed by atoms with van der Waals surface area (Å²) >= 11 is 0. The quantitative estimate of drug-likeness (QED) is 0.862. The number of aromatic carboxylic acids is 1. The van der Waals surface area contributed by atoms with Crippen molar-refractivity contribution in [1.29, 1.82) is 0 Å². The third-order valence-electron chi connectivity index (χ3n) is 4.25. The van der Waals surface area contributed by atoms with Crippen molar-refractivity contribution in [2.45, 2.75) is 6.54 Å². The summed E-state index contributed by atoms with van der Waals surface area (Å²) in [4.78, 5) is 38.3. The van der Waals surface area contributed by atoms with Gasteiger partial charge in [-0.3, -0.25) is 9.69 Å². The Morgan fingerprint density at radius 3 is 2.23 bits per heavy atom. The van der Waals surface area contributed by atoms with Gasteiger partial charge < -0.3 is 15.3 Å². The second kappa shape index (κ2) is 7.26. The Kier molecular flexibility index (Phi) is 4.88. The number of benzene rings is 2. The molecule has 0 aliphatic carbocycles. The number of hydrogen-bond acceptors (Lipinski definition) is 3. The summed E-state index contributed by atoms with van der Waals surface area (Å²) < 4.78 is 0. The molecule has 7 heteroatoms. The summed E-state index contributed by atoms with van der Waals surface area (Å²) in [5.41, 5.74) is 2.34. The Bertz CT molecular complexity index is 831. The van der Waals surface area contributed by atoms with Gasteiger partial charge in [0.25, 0.3) is 5.91 Å². The highest BCUT2D eigenvalue weighted by Gasteiger charge is 2.21. The van der Waals surface area contributed by atoms with Crippen LogP contribution in [0.5, 0.6) is 0 Å². The maximum absolute atomic E-state index is 12.6. The molecule has 2 aromatic carbocycles. The van der Waals surface area contributed by atoms with Gasteiger partial charge in [-0.05, 0) is 42.0 Å². The van der Waals surface area contributed by atoms with Gasteiger partial charge in [0, 0.05) is 37.9 Å². The monoisotopic (exact) mass is 353 g/mol. The number of carboxylic acids is 1. The fraction of sp³-hybridized carbons (Fsp3) is 0.211. The largest absolute Gasteiger partial charge is 0.478 e. The van der Waals surface area contributed by atoms with Crippen LogP contribution in [0, 0.1) is 0 Å². The summed E-state index contributed by atoms with van der Waals surface area (Å²) in [5, 5.41) is 11.7. The molecule has 0 aromatic heterocycles. The first-order chi connectivity index (χ1) is 12.5. The normalized spacial score (nSPS) is 13.4. The Hall–Kier alpha value is -3.35. The number of amides is 3. The van der Waals surface area contributed by atoms with E-state index < -0.39 is 5.97 Å². The second-order valence-electron chi connectivity index (χ2n) is 6.09. The standard InChI is InChI=1S/C19H19N3O4/c1-21(12-13-2-4-15(5-3-13)18(24)25)17(23)14-6-8-16(9-7-14)22-11-10-20-19(22)26/h2-9H,10-12H2,1H3,(H,20,26)(H,24,25). The predicted molar refractivity (Wildman–Crippen MR) is 96.4 cm³/mol. The molecule has 1 saturated heterocycles. The molecular weight excluding hydrogens is 334 g/mol. The van der Waals surface area contributed by atoms with Gasteiger partial charge in [0.2, 0.25) is 0 Å². The maximum atomic E-state index is 12.6. The summed E-state index contributed by atoms with van der Waals surface area (Å²) in [5.74, 6) is -1.13. The summed E-state index contributed by atoms with van der Waals surface area (Å²) in [6.07, 6.45) is 0. The Balaban J connectivity index is 1.66. The van der Waals surface area contributed by atoms with Gasteiger partial charge in [-0.25, -0.2) is 9.59 Å². The SMILES string of the molecule is CN(Cc1ccc(C(=O)O)cc1)C(=O)c1ccc(N2CCNC2=O)cc1. The minimum absolute atomic E-state index is 0.133. The lowest BCUT2D eigenvalue weighted by molar-refractivity contribution is 0.0695. The van der Waals surface area contributed by atoms with Gasteiger partial charge in [0.05, 0.1) is 5.56 Å². The van der Waals surface area contributed by atoms with Crippen molar-refractivity contribution in [3.8, 4) is 0 Å². The van der Waals surface area contributed by atoms with Gasteiger partial charge in [0.15, 0.2) is 0 Å². The van der Waals surface area contributed by atoms with Crippen LogP contribution in [-0.4, -0.2) is 48.1 Å². The van der Waals surface area contributed by atoms with Crippen molar-refractivity contribution in [2.24, 2.45) is 0 Å². The average Bonchev–Trinajstić information content (AvgIpc) is 3.07. The highest BCUT2D eigenvalue weighted by atomic mass is 16.4. The maximum Gasteiger partial charge on any atom is 0.335 e. The van der Waals surface area contributed by atoms with E-state index >= 15 is 0 Å². The zero-order chi connectivity index (χ0) is 18.7. The van der Waals surface area contributed by atoms with Crippen LogP contribution in [0.2, 0.25) is 0 Å². The first-order valence-corrected chi connectivity index (χ1v) is 8.19. The third-order valence-corrected chi connectivity index (χ3v) is 4.25. The predicted octanol–water partition coefficient (Wildman–Crippen LogP) is 2.19. The van der Waals surface area contributed by atoms with Gasteiger partial charge in [-0.15, -0.1) is 0 Å². The lowest BCUT2D eigenvalue weighted by Gasteiger charge is -2.19. The Labute approximate surface area is 150 Å². The molecule has 7 nitrogen and oxygen atoms in total. The van der Waals surface area contributed by atoms with Gasteiger partial charge >= 0.3 is 12.0 Å². The van der Waals surface area contributed by atoms with Crippen molar-refractivity contribution >= 4 is 23.6 Å². The Morgan fingerprint density at radius 1 is 1.08 bits per heavy atom. The van der Waals surface area contributed by atoms with Crippen LogP contribution in [0.3, 0.4) is 0 Å². The number of carbonyl (C=O) groups excluding carboxylic acids is 2. The zero-order valence-electron chi connectivity index (χ0n) is 14.3. The summed E-state index contributed by atoms with van der Waals surface area (Å²) in [7, 11) is 1.69. The molecule has 3 amide bonds. The van der Waals surface area contributed by atoms with E-state index in [9.17, 15) is 14.4 Å². The highest BCUT2D eigenvalue weighted by molar-refractivity contribution is 5.97. The fourth-order valence-electron chi connectivity index (χ4n) is 2.82. The molecule has 1 aliphatic rings. The molecule has 3 rings (SSSR count). The number of carbonyl (C=O) groups is 3. The van der Waals surface area contributed by atoms with E-state index in [1.165, 1.54) is 12.1 Å². The van der Waals surface area contributed by atoms with Crippen LogP contribution < -0.4 is 10.2 Å². The van der Waals surface area contributed by atoms with Crippen LogP contribution in [-0.2, 0) is 6.54 Å². The molecule has 0 radical (unpaired) electrons. The van der Waals surface area contributed by atoms with Crippen LogP contribution in [0.4, 0.5) is 10.5 Å². The third kappa shape index (κ3) is 3.66. The number of anilines is 1. The van der Waals surface area contributed by atoms with Gasteiger partial charge in [0.1, 0.15) is 0 Å². The lowest BCUT2D eigenvalue weighted by Crippen LogP contribution is -2.28. The van der Waals surface area contributed by atoms with E-state index in [0.717, 1.165) is 11.3 Å². The average molecular weight is 353 g/mol. The van der Waals surface area contributed by atoms with Gasteiger partial charge in [-0.1, -0.05) is 12.1 Å². The minimum atomic E-state index is -0.979. The molecule has 2 N–H and O–H groups in total. The van der Waals surface area contributed by atoms with Crippen LogP contribution >= 0.6 is 0 Å². The molecule has 1 fully saturated rings. The molecule has 1 heterocycles. The summed E-state index contributed by atoms with van der Waals surface area (Å²) in [6.45, 7) is 1.59. The van der Waals surface area contributed by atoms with E-state index in [-0.39, 0.29) is 17.5 Å². The summed E-state index contributed by atoms with van der Waals surface area (Å²) in [6, 6.07) is 13.2. The van der Waals surface area contributed by atoms with Crippen molar-refractivity contribution in [1.82, 2.24) is 10.2 Å². The first kappa shape index (κ1) is 17.5. The van der Waals surface area contributed by atoms with E-state index in [1.807, 2.05) is 0 Å². The van der Waals surface area contributed by atoms with E-state index in [1.54, 1.807) is 53.2 Å². The molecule has 0 atom stereocenters. The number of rotatable bonds is 5. The molecule has 0 unspecified atom stereocenters. The second-order valence-corrected chi connectivity index (χ2v) is 6.09. The van der Waals surface area contributed by atoms with E-state index in [0.29, 0.717) is 25.2 Å². The number of nitrogens with one attached hydrogen (secondary N) is 1. The van der Waals surface area contributed by atoms with Crippen molar-refractivity contribution in [3.05, 3.63) is 65.2 Å². The Morgan fingerprint density at radius 2 is 1.69 bits per heavy atom. The molecule has 0 bridgehead atoms. The van der Waals surface area contributed by atoms with Gasteiger partial charge in [-0.2, -0.15) is 0 Å². The molecule has 0 spiro atoms. The lowest BCUT2D eigenvalue weighted by atomic mass is 10.1. The number of hydrogen-bond donors (Lipinski definition) is 2. The number of nitrogens with zero attached hydrogens (tertiary/aromatic N) is 2. The smallest absolute Gasteiger partial charge is 0.335 e. The fourth-order valence-corrected chi connectivity index (χ4v) is 2.82. The molecule has 2 aromatic rings. The first-order valence-electron chi connectivity index (χ1n) is 8.19. The van der Waals surface area contributed by atoms with E-state index in [2.05, 4.69) is 5.32 Å². The number of urea groups is 1. The molecule has 134 valence electrons. The highest BCUT2D eigenvalue weighted by Crippen LogP contribution is 2.18. The van der Waals surface area contributed by atoms with E-state index in [4.69, 9.17) is 5.11 Å². The topological polar surface area (TPSA) is 90.0 Å². The molecule has 1 aliphatic heterocycles. The number of carboxylic acid groups (broad SMARTS) is 1. The van der Waals surface area contributed by atoms with Crippen LogP contribution in [0.25, 0.3) is 0 Å². The molecular formula is C19H19N3O4.